The highest BCUT2D eigenvalue weighted by Gasteiger charge is 2.40. The largest absolute Gasteiger partial charge is 0.497 e. The van der Waals surface area contributed by atoms with Gasteiger partial charge in [-0.2, -0.15) is 5.10 Å². The van der Waals surface area contributed by atoms with Gasteiger partial charge < -0.3 is 4.74 Å². The molecular formula is C24H20N4O3. The first kappa shape index (κ1) is 19.0. The number of aryl methyl sites for hydroxylation is 3. The number of ether oxygens (including phenoxy) is 1. The van der Waals surface area contributed by atoms with Crippen LogP contribution in [0.15, 0.2) is 48.7 Å². The van der Waals surface area contributed by atoms with Gasteiger partial charge in [0.05, 0.1) is 40.7 Å². The van der Waals surface area contributed by atoms with Gasteiger partial charge in [0.25, 0.3) is 11.8 Å². The van der Waals surface area contributed by atoms with E-state index in [9.17, 15) is 9.59 Å². The lowest BCUT2D eigenvalue weighted by Crippen LogP contribution is -2.29. The minimum atomic E-state index is -0.366. The second kappa shape index (κ2) is 6.77. The number of rotatable bonds is 3. The monoisotopic (exact) mass is 412 g/mol. The zero-order valence-electron chi connectivity index (χ0n) is 17.6. The molecule has 2 amide bonds. The number of amides is 2. The lowest BCUT2D eigenvalue weighted by molar-refractivity contribution is 0.0926. The summed E-state index contributed by atoms with van der Waals surface area (Å²) in [5.74, 6) is 0.0119. The number of fused-ring (bicyclic) bond motifs is 3. The fraction of sp³-hybridized carbons (Fsp3) is 0.167. The van der Waals surface area contributed by atoms with Gasteiger partial charge in [-0.3, -0.25) is 9.59 Å². The summed E-state index contributed by atoms with van der Waals surface area (Å²) in [5, 5.41) is 5.20. The number of anilines is 1. The summed E-state index contributed by atoms with van der Waals surface area (Å²) < 4.78 is 6.90. The molecule has 0 unspecified atom stereocenters. The van der Waals surface area contributed by atoms with E-state index in [2.05, 4.69) is 10.1 Å². The van der Waals surface area contributed by atoms with Gasteiger partial charge in [0.2, 0.25) is 0 Å². The Kier molecular flexibility index (Phi) is 4.15. The SMILES string of the molecule is COc1ccc(-n2nc(C)c3c4c(cnc32)C(=O)N(c2ccc(C)c(C)c2)C4=O)cc1. The van der Waals surface area contributed by atoms with Gasteiger partial charge in [-0.1, -0.05) is 6.07 Å². The molecule has 154 valence electrons. The van der Waals surface area contributed by atoms with Crippen molar-refractivity contribution >= 4 is 28.5 Å². The minimum absolute atomic E-state index is 0.299. The van der Waals surface area contributed by atoms with Gasteiger partial charge in [-0.25, -0.2) is 14.6 Å². The van der Waals surface area contributed by atoms with Crippen molar-refractivity contribution in [1.29, 1.82) is 0 Å². The Morgan fingerprint density at radius 1 is 0.871 bits per heavy atom. The van der Waals surface area contributed by atoms with Crippen molar-refractivity contribution in [1.82, 2.24) is 14.8 Å². The number of benzene rings is 2. The maximum atomic E-state index is 13.4. The van der Waals surface area contributed by atoms with E-state index in [-0.39, 0.29) is 11.8 Å². The first-order chi connectivity index (χ1) is 14.9. The quantitative estimate of drug-likeness (QED) is 0.472. The lowest BCUT2D eigenvalue weighted by Gasteiger charge is -2.15. The third-order valence-electron chi connectivity index (χ3n) is 5.79. The Morgan fingerprint density at radius 2 is 1.58 bits per heavy atom. The predicted octanol–water partition coefficient (Wildman–Crippen LogP) is 4.15. The number of methoxy groups -OCH3 is 1. The van der Waals surface area contributed by atoms with Crippen LogP contribution in [0.5, 0.6) is 5.75 Å². The van der Waals surface area contributed by atoms with E-state index in [0.717, 1.165) is 22.6 Å². The van der Waals surface area contributed by atoms with Crippen molar-refractivity contribution in [3.8, 4) is 11.4 Å². The fourth-order valence-electron chi connectivity index (χ4n) is 3.96. The predicted molar refractivity (Wildman–Crippen MR) is 117 cm³/mol. The van der Waals surface area contributed by atoms with Crippen LogP contribution in [0.4, 0.5) is 5.69 Å². The van der Waals surface area contributed by atoms with Gasteiger partial charge in [0, 0.05) is 6.20 Å². The Balaban J connectivity index is 1.67. The van der Waals surface area contributed by atoms with Gasteiger partial charge in [0.1, 0.15) is 5.75 Å². The molecule has 0 aliphatic carbocycles. The second-order valence-corrected chi connectivity index (χ2v) is 7.65. The number of aromatic nitrogens is 3. The summed E-state index contributed by atoms with van der Waals surface area (Å²) in [6.45, 7) is 5.77. The lowest BCUT2D eigenvalue weighted by atomic mass is 10.1. The Hall–Kier alpha value is -4.00. The molecule has 4 aromatic rings. The number of pyridine rings is 1. The molecule has 0 radical (unpaired) electrons. The molecule has 0 atom stereocenters. The molecule has 0 bridgehead atoms. The van der Waals surface area contributed by atoms with Crippen LogP contribution >= 0.6 is 0 Å². The number of carbonyl (C=O) groups is 2. The van der Waals surface area contributed by atoms with Crippen LogP contribution in [0.2, 0.25) is 0 Å². The number of hydrogen-bond acceptors (Lipinski definition) is 5. The van der Waals surface area contributed by atoms with Crippen LogP contribution in [0.3, 0.4) is 0 Å². The molecule has 2 aromatic heterocycles. The van der Waals surface area contributed by atoms with Crippen LogP contribution in [0.1, 0.15) is 37.5 Å². The average Bonchev–Trinajstić information content (AvgIpc) is 3.24. The molecule has 3 heterocycles. The van der Waals surface area contributed by atoms with Crippen LogP contribution in [-0.2, 0) is 0 Å². The summed E-state index contributed by atoms with van der Waals surface area (Å²) >= 11 is 0. The van der Waals surface area contributed by atoms with E-state index in [1.54, 1.807) is 17.9 Å². The smallest absolute Gasteiger partial charge is 0.267 e. The van der Waals surface area contributed by atoms with E-state index in [1.807, 2.05) is 57.2 Å². The number of carbonyl (C=O) groups excluding carboxylic acids is 2. The third-order valence-corrected chi connectivity index (χ3v) is 5.79. The molecule has 0 spiro atoms. The van der Waals surface area contributed by atoms with E-state index < -0.39 is 0 Å². The van der Waals surface area contributed by atoms with Crippen LogP contribution < -0.4 is 9.64 Å². The van der Waals surface area contributed by atoms with Crippen molar-refractivity contribution in [2.75, 3.05) is 12.0 Å². The minimum Gasteiger partial charge on any atom is -0.497 e. The fourth-order valence-corrected chi connectivity index (χ4v) is 3.96. The Labute approximate surface area is 178 Å². The average molecular weight is 412 g/mol. The first-order valence-corrected chi connectivity index (χ1v) is 9.89. The number of imide groups is 1. The maximum Gasteiger partial charge on any atom is 0.267 e. The van der Waals surface area contributed by atoms with Crippen LogP contribution in [-0.4, -0.2) is 33.7 Å². The van der Waals surface area contributed by atoms with Gasteiger partial charge in [-0.15, -0.1) is 0 Å². The molecule has 2 aromatic carbocycles. The first-order valence-electron chi connectivity index (χ1n) is 9.89. The van der Waals surface area contributed by atoms with Crippen LogP contribution in [0, 0.1) is 20.8 Å². The molecule has 7 heteroatoms. The highest BCUT2D eigenvalue weighted by atomic mass is 16.5. The van der Waals surface area contributed by atoms with Gasteiger partial charge in [0.15, 0.2) is 5.65 Å². The van der Waals surface area contributed by atoms with Crippen molar-refractivity contribution in [2.24, 2.45) is 0 Å². The summed E-state index contributed by atoms with van der Waals surface area (Å²) in [5.41, 5.74) is 5.28. The molecule has 0 saturated heterocycles. The number of hydrogen-bond donors (Lipinski definition) is 0. The second-order valence-electron chi connectivity index (χ2n) is 7.65. The zero-order valence-corrected chi connectivity index (χ0v) is 17.6. The molecule has 1 aliphatic heterocycles. The molecule has 31 heavy (non-hydrogen) atoms. The highest BCUT2D eigenvalue weighted by Crippen LogP contribution is 2.35. The molecule has 0 fully saturated rings. The molecule has 0 N–H and O–H groups in total. The topological polar surface area (TPSA) is 77.3 Å². The number of nitrogens with zero attached hydrogens (tertiary/aromatic N) is 4. The molecule has 0 saturated carbocycles. The van der Waals surface area contributed by atoms with E-state index in [1.165, 1.54) is 11.1 Å². The van der Waals surface area contributed by atoms with E-state index in [4.69, 9.17) is 4.74 Å². The van der Waals surface area contributed by atoms with Gasteiger partial charge >= 0.3 is 0 Å². The van der Waals surface area contributed by atoms with Crippen LogP contribution in [0.25, 0.3) is 16.7 Å². The normalized spacial score (nSPS) is 13.2. The highest BCUT2D eigenvalue weighted by molar-refractivity contribution is 6.37. The molecule has 5 rings (SSSR count). The summed E-state index contributed by atoms with van der Waals surface area (Å²) in [4.78, 5) is 32.3. The maximum absolute atomic E-state index is 13.4. The summed E-state index contributed by atoms with van der Waals surface area (Å²) in [6.07, 6.45) is 1.47. The Morgan fingerprint density at radius 3 is 2.26 bits per heavy atom. The van der Waals surface area contributed by atoms with Crippen molar-refractivity contribution < 1.29 is 14.3 Å². The van der Waals surface area contributed by atoms with Crippen molar-refractivity contribution in [3.63, 3.8) is 0 Å². The van der Waals surface area contributed by atoms with E-state index >= 15 is 0 Å². The summed E-state index contributed by atoms with van der Waals surface area (Å²) in [6, 6.07) is 13.0. The standard InChI is InChI=1S/C24H20N4O3/c1-13-5-6-17(11-14(13)2)27-23(29)19-12-25-22-20(21(19)24(27)30)15(3)26-28(22)16-7-9-18(31-4)10-8-16/h5-12H,1-4H3. The van der Waals surface area contributed by atoms with Crippen molar-refractivity contribution in [3.05, 3.63) is 76.6 Å². The summed E-state index contributed by atoms with van der Waals surface area (Å²) in [7, 11) is 1.61. The molecule has 7 nitrogen and oxygen atoms in total. The molecule has 1 aliphatic rings. The Bertz CT molecular complexity index is 1390. The van der Waals surface area contributed by atoms with Gasteiger partial charge in [-0.05, 0) is 68.3 Å². The third kappa shape index (κ3) is 2.73. The van der Waals surface area contributed by atoms with E-state index in [0.29, 0.717) is 33.5 Å². The zero-order chi connectivity index (χ0) is 21.9. The molecular weight excluding hydrogens is 392 g/mol. The van der Waals surface area contributed by atoms with Crippen molar-refractivity contribution in [2.45, 2.75) is 20.8 Å².